The van der Waals surface area contributed by atoms with Gasteiger partial charge in [0.2, 0.25) is 0 Å². The highest BCUT2D eigenvalue weighted by molar-refractivity contribution is 7.47. The van der Waals surface area contributed by atoms with Crippen molar-refractivity contribution < 1.29 is 37.3 Å². The number of nitrogens with zero attached hydrogens (tertiary/aromatic N) is 1. The highest BCUT2D eigenvalue weighted by atomic mass is 31.2. The summed E-state index contributed by atoms with van der Waals surface area (Å²) in [6.07, 6.45) is 4.52. The molecule has 0 bridgehead atoms. The Kier molecular flexibility index (Phi) is 13.0. The van der Waals surface area contributed by atoms with Gasteiger partial charge in [-0.3, -0.25) is 13.8 Å². The fourth-order valence-electron chi connectivity index (χ4n) is 2.07. The van der Waals surface area contributed by atoms with E-state index in [-0.39, 0.29) is 26.4 Å². The second-order valence-corrected chi connectivity index (χ2v) is 8.54. The van der Waals surface area contributed by atoms with E-state index in [1.54, 1.807) is 6.08 Å². The van der Waals surface area contributed by atoms with Gasteiger partial charge in [-0.1, -0.05) is 12.5 Å². The van der Waals surface area contributed by atoms with Crippen LogP contribution in [0, 0.1) is 0 Å². The number of carbonyl (C=O) groups is 1. The molecule has 0 amide bonds. The molecule has 0 aromatic heterocycles. The molecule has 0 aromatic carbocycles. The topological polar surface area (TPSA) is 91.3 Å². The molecule has 0 fully saturated rings. The lowest BCUT2D eigenvalue weighted by atomic mass is 10.2. The maximum absolute atomic E-state index is 11.9. The summed E-state index contributed by atoms with van der Waals surface area (Å²) in [5.74, 6) is -0.525. The molecule has 8 nitrogen and oxygen atoms in total. The van der Waals surface area contributed by atoms with E-state index in [4.69, 9.17) is 18.5 Å². The minimum atomic E-state index is -4.18. The lowest BCUT2D eigenvalue weighted by Gasteiger charge is -2.23. The maximum Gasteiger partial charge on any atom is 0.472 e. The quantitative estimate of drug-likeness (QED) is 0.141. The number of unbranched alkanes of at least 4 members (excludes halogenated alkanes) is 3. The van der Waals surface area contributed by atoms with Crippen LogP contribution in [0.5, 0.6) is 0 Å². The van der Waals surface area contributed by atoms with Gasteiger partial charge in [0, 0.05) is 6.92 Å². The standard InChI is InChI=1S/C17H34NO7P/c1-6-12-22-14-17(25-16(2)19)15-24-26(20,21)23-13-10-8-7-9-11-18(3,4)5/h6,17H,1,7-15H2,2-5H3/p+1/t17-/m1/s1. The van der Waals surface area contributed by atoms with Crippen LogP contribution in [-0.2, 0) is 27.9 Å². The van der Waals surface area contributed by atoms with Crippen molar-refractivity contribution in [2.45, 2.75) is 38.7 Å². The summed E-state index contributed by atoms with van der Waals surface area (Å²) < 4.78 is 32.8. The molecule has 1 N–H and O–H groups in total. The zero-order chi connectivity index (χ0) is 20.1. The summed E-state index contributed by atoms with van der Waals surface area (Å²) in [6, 6.07) is 0. The fraction of sp³-hybridized carbons (Fsp3) is 0.824. The molecule has 154 valence electrons. The van der Waals surface area contributed by atoms with E-state index >= 15 is 0 Å². The first-order valence-corrected chi connectivity index (χ1v) is 10.3. The van der Waals surface area contributed by atoms with Gasteiger partial charge in [0.15, 0.2) is 0 Å². The summed E-state index contributed by atoms with van der Waals surface area (Å²) in [5, 5.41) is 0. The van der Waals surface area contributed by atoms with Gasteiger partial charge in [-0.2, -0.15) is 0 Å². The number of carbonyl (C=O) groups excluding carboxylic acids is 1. The van der Waals surface area contributed by atoms with Crippen molar-refractivity contribution in [3.63, 3.8) is 0 Å². The summed E-state index contributed by atoms with van der Waals surface area (Å²) in [7, 11) is 2.26. The molecule has 1 unspecified atom stereocenters. The third kappa shape index (κ3) is 16.7. The molecular formula is C17H35NO7P+. The number of quaternary nitrogens is 1. The predicted octanol–water partition coefficient (Wildman–Crippen LogP) is 2.52. The molecule has 0 spiro atoms. The Balaban J connectivity index is 4.00. The molecule has 0 aliphatic heterocycles. The van der Waals surface area contributed by atoms with E-state index < -0.39 is 19.9 Å². The lowest BCUT2D eigenvalue weighted by molar-refractivity contribution is -0.870. The van der Waals surface area contributed by atoms with E-state index in [0.29, 0.717) is 6.42 Å². The Morgan fingerprint density at radius 2 is 1.81 bits per heavy atom. The first-order valence-electron chi connectivity index (χ1n) is 8.84. The summed E-state index contributed by atoms with van der Waals surface area (Å²) in [6.45, 7) is 6.02. The molecule has 0 aliphatic rings. The minimum absolute atomic E-state index is 0.0396. The van der Waals surface area contributed by atoms with Crippen LogP contribution in [0.3, 0.4) is 0 Å². The van der Waals surface area contributed by atoms with E-state index in [0.717, 1.165) is 30.3 Å². The van der Waals surface area contributed by atoms with Crippen LogP contribution in [0.15, 0.2) is 12.7 Å². The largest absolute Gasteiger partial charge is 0.472 e. The number of esters is 1. The molecule has 0 saturated carbocycles. The van der Waals surface area contributed by atoms with E-state index in [9.17, 15) is 14.3 Å². The van der Waals surface area contributed by atoms with Crippen LogP contribution >= 0.6 is 7.82 Å². The van der Waals surface area contributed by atoms with Gasteiger partial charge < -0.3 is 18.9 Å². The fourth-order valence-corrected chi connectivity index (χ4v) is 2.86. The Labute approximate surface area is 157 Å². The van der Waals surface area contributed by atoms with Crippen molar-refractivity contribution in [3.05, 3.63) is 12.7 Å². The van der Waals surface area contributed by atoms with Crippen molar-refractivity contribution in [3.8, 4) is 0 Å². The number of hydrogen-bond acceptors (Lipinski definition) is 6. The Hall–Kier alpha value is -0.760. The molecule has 0 saturated heterocycles. The van der Waals surface area contributed by atoms with Crippen LogP contribution in [-0.4, -0.2) is 75.6 Å². The van der Waals surface area contributed by atoms with Gasteiger partial charge in [0.05, 0.1) is 54.1 Å². The van der Waals surface area contributed by atoms with Crippen LogP contribution < -0.4 is 0 Å². The Bertz CT molecular complexity index is 451. The average molecular weight is 396 g/mol. The predicted molar refractivity (Wildman–Crippen MR) is 99.7 cm³/mol. The van der Waals surface area contributed by atoms with Crippen molar-refractivity contribution in [1.82, 2.24) is 0 Å². The van der Waals surface area contributed by atoms with Gasteiger partial charge in [-0.25, -0.2) is 4.57 Å². The van der Waals surface area contributed by atoms with Crippen molar-refractivity contribution in [1.29, 1.82) is 0 Å². The van der Waals surface area contributed by atoms with Gasteiger partial charge in [-0.15, -0.1) is 6.58 Å². The summed E-state index contributed by atoms with van der Waals surface area (Å²) >= 11 is 0. The number of phosphoric acid groups is 1. The second-order valence-electron chi connectivity index (χ2n) is 7.08. The second kappa shape index (κ2) is 13.4. The van der Waals surface area contributed by atoms with Gasteiger partial charge >= 0.3 is 13.8 Å². The normalized spacial score (nSPS) is 15.3. The van der Waals surface area contributed by atoms with Crippen LogP contribution in [0.25, 0.3) is 0 Å². The molecule has 0 heterocycles. The van der Waals surface area contributed by atoms with Crippen molar-refractivity contribution >= 4 is 13.8 Å². The highest BCUT2D eigenvalue weighted by Gasteiger charge is 2.24. The third-order valence-corrected chi connectivity index (χ3v) is 4.26. The summed E-state index contributed by atoms with van der Waals surface area (Å²) in [5.41, 5.74) is 0. The van der Waals surface area contributed by atoms with Crippen LogP contribution in [0.4, 0.5) is 0 Å². The van der Waals surface area contributed by atoms with E-state index in [1.165, 1.54) is 6.92 Å². The zero-order valence-electron chi connectivity index (χ0n) is 16.5. The minimum Gasteiger partial charge on any atom is -0.458 e. The lowest BCUT2D eigenvalue weighted by Crippen LogP contribution is -2.35. The average Bonchev–Trinajstić information content (AvgIpc) is 2.50. The van der Waals surface area contributed by atoms with Gasteiger partial charge in [-0.05, 0) is 19.3 Å². The van der Waals surface area contributed by atoms with E-state index in [2.05, 4.69) is 27.7 Å². The number of phosphoric ester groups is 1. The molecule has 0 radical (unpaired) electrons. The molecule has 0 aliphatic carbocycles. The van der Waals surface area contributed by atoms with Crippen molar-refractivity contribution in [2.24, 2.45) is 0 Å². The monoisotopic (exact) mass is 396 g/mol. The maximum atomic E-state index is 11.9. The smallest absolute Gasteiger partial charge is 0.458 e. The SMILES string of the molecule is C=CCOC[C@H](COP(=O)(O)OCCCCCC[N+](C)(C)C)OC(C)=O. The molecule has 0 rings (SSSR count). The molecule has 9 heteroatoms. The van der Waals surface area contributed by atoms with Crippen LogP contribution in [0.1, 0.15) is 32.6 Å². The molecular weight excluding hydrogens is 361 g/mol. The highest BCUT2D eigenvalue weighted by Crippen LogP contribution is 2.43. The molecule has 0 aromatic rings. The van der Waals surface area contributed by atoms with Crippen LogP contribution in [0.2, 0.25) is 0 Å². The Morgan fingerprint density at radius 3 is 2.38 bits per heavy atom. The molecule has 26 heavy (non-hydrogen) atoms. The van der Waals surface area contributed by atoms with E-state index in [1.807, 2.05) is 0 Å². The number of ether oxygens (including phenoxy) is 2. The third-order valence-electron chi connectivity index (χ3n) is 3.27. The van der Waals surface area contributed by atoms with Gasteiger partial charge in [0.25, 0.3) is 0 Å². The number of hydrogen-bond donors (Lipinski definition) is 1. The van der Waals surface area contributed by atoms with Crippen molar-refractivity contribution in [2.75, 3.05) is 54.1 Å². The zero-order valence-corrected chi connectivity index (χ0v) is 17.4. The Morgan fingerprint density at radius 1 is 1.15 bits per heavy atom. The van der Waals surface area contributed by atoms with Gasteiger partial charge in [0.1, 0.15) is 6.10 Å². The number of rotatable bonds is 16. The first kappa shape index (κ1) is 25.2. The summed E-state index contributed by atoms with van der Waals surface area (Å²) in [4.78, 5) is 20.7. The molecule has 2 atom stereocenters. The first-order chi connectivity index (χ1) is 12.1.